The first kappa shape index (κ1) is 16.0. The summed E-state index contributed by atoms with van der Waals surface area (Å²) in [5.41, 5.74) is 2.50. The molecule has 0 fully saturated rings. The van der Waals surface area contributed by atoms with E-state index in [1.807, 2.05) is 12.3 Å². The maximum absolute atomic E-state index is 4.61. The van der Waals surface area contributed by atoms with Crippen LogP contribution in [-0.4, -0.2) is 11.5 Å². The molecule has 0 aliphatic heterocycles. The molecule has 0 aliphatic carbocycles. The zero-order valence-corrected chi connectivity index (χ0v) is 13.6. The number of nitrogens with zero attached hydrogens (tertiary/aromatic N) is 1. The molecule has 0 saturated heterocycles. The van der Waals surface area contributed by atoms with Gasteiger partial charge in [0.25, 0.3) is 0 Å². The Morgan fingerprint density at radius 1 is 1.10 bits per heavy atom. The summed E-state index contributed by atoms with van der Waals surface area (Å²) in [4.78, 5) is 4.61. The van der Waals surface area contributed by atoms with Gasteiger partial charge in [-0.15, -0.1) is 0 Å². The van der Waals surface area contributed by atoms with Crippen LogP contribution in [-0.2, 0) is 0 Å². The minimum atomic E-state index is 0.419. The Bertz CT molecular complexity index is 543. The summed E-state index contributed by atoms with van der Waals surface area (Å²) in [5.74, 6) is 0.780. The van der Waals surface area contributed by atoms with Crippen molar-refractivity contribution in [1.29, 1.82) is 0 Å². The van der Waals surface area contributed by atoms with E-state index in [2.05, 4.69) is 55.3 Å². The first-order valence-corrected chi connectivity index (χ1v) is 8.29. The molecular weight excluding hydrogens is 256 g/mol. The van der Waals surface area contributed by atoms with Gasteiger partial charge in [0.15, 0.2) is 0 Å². The standard InChI is InChI=1S/C19H28N2/c1-4-13-20-18(12-5-8-15(2)3)17-11-6-9-16-10-7-14-21-19(16)17/h6-7,9-11,14-15,18,20H,4-5,8,12-13H2,1-3H3. The van der Waals surface area contributed by atoms with Crippen LogP contribution in [0.4, 0.5) is 0 Å². The van der Waals surface area contributed by atoms with E-state index in [4.69, 9.17) is 0 Å². The fourth-order valence-corrected chi connectivity index (χ4v) is 2.83. The molecule has 114 valence electrons. The Kier molecular flexibility index (Phi) is 6.19. The van der Waals surface area contributed by atoms with Gasteiger partial charge in [0.1, 0.15) is 0 Å². The fourth-order valence-electron chi connectivity index (χ4n) is 2.83. The number of benzene rings is 1. The average Bonchev–Trinajstić information content (AvgIpc) is 2.50. The van der Waals surface area contributed by atoms with Crippen molar-refractivity contribution in [2.75, 3.05) is 6.54 Å². The van der Waals surface area contributed by atoms with Crippen LogP contribution in [0.1, 0.15) is 58.1 Å². The zero-order chi connectivity index (χ0) is 15.1. The normalized spacial score (nSPS) is 13.0. The van der Waals surface area contributed by atoms with Gasteiger partial charge in [-0.25, -0.2) is 0 Å². The molecule has 1 aromatic heterocycles. The van der Waals surface area contributed by atoms with E-state index in [0.29, 0.717) is 6.04 Å². The lowest BCUT2D eigenvalue weighted by atomic mass is 9.96. The van der Waals surface area contributed by atoms with Crippen molar-refractivity contribution in [3.63, 3.8) is 0 Å². The molecule has 0 saturated carbocycles. The highest BCUT2D eigenvalue weighted by Gasteiger charge is 2.14. The third kappa shape index (κ3) is 4.53. The van der Waals surface area contributed by atoms with Crippen molar-refractivity contribution < 1.29 is 0 Å². The molecule has 2 aromatic rings. The molecule has 2 nitrogen and oxygen atoms in total. The molecule has 0 amide bonds. The summed E-state index contributed by atoms with van der Waals surface area (Å²) in [6.07, 6.45) is 6.81. The smallest absolute Gasteiger partial charge is 0.0749 e. The highest BCUT2D eigenvalue weighted by Crippen LogP contribution is 2.26. The molecule has 21 heavy (non-hydrogen) atoms. The van der Waals surface area contributed by atoms with Gasteiger partial charge < -0.3 is 5.32 Å². The van der Waals surface area contributed by atoms with Crippen LogP contribution in [0, 0.1) is 5.92 Å². The van der Waals surface area contributed by atoms with Crippen molar-refractivity contribution in [2.24, 2.45) is 5.92 Å². The lowest BCUT2D eigenvalue weighted by Gasteiger charge is -2.20. The molecule has 1 aromatic carbocycles. The predicted molar refractivity (Wildman–Crippen MR) is 91.5 cm³/mol. The number of rotatable bonds is 8. The molecule has 0 spiro atoms. The van der Waals surface area contributed by atoms with Gasteiger partial charge in [-0.1, -0.05) is 57.9 Å². The fraction of sp³-hybridized carbons (Fsp3) is 0.526. The molecule has 1 unspecified atom stereocenters. The number of aromatic nitrogens is 1. The van der Waals surface area contributed by atoms with Crippen LogP contribution in [0.15, 0.2) is 36.5 Å². The van der Waals surface area contributed by atoms with Crippen LogP contribution in [0.5, 0.6) is 0 Å². The number of nitrogens with one attached hydrogen (secondary N) is 1. The molecular formula is C19H28N2. The number of hydrogen-bond acceptors (Lipinski definition) is 2. The Morgan fingerprint density at radius 3 is 2.67 bits per heavy atom. The van der Waals surface area contributed by atoms with Gasteiger partial charge in [0, 0.05) is 17.6 Å². The maximum Gasteiger partial charge on any atom is 0.0749 e. The van der Waals surface area contributed by atoms with Crippen LogP contribution in [0.3, 0.4) is 0 Å². The number of hydrogen-bond donors (Lipinski definition) is 1. The number of fused-ring (bicyclic) bond motifs is 1. The minimum absolute atomic E-state index is 0.419. The van der Waals surface area contributed by atoms with Crippen molar-refractivity contribution in [1.82, 2.24) is 10.3 Å². The Hall–Kier alpha value is -1.41. The van der Waals surface area contributed by atoms with Crippen LogP contribution in [0.25, 0.3) is 10.9 Å². The lowest BCUT2D eigenvalue weighted by molar-refractivity contribution is 0.449. The average molecular weight is 284 g/mol. The summed E-state index contributed by atoms with van der Waals surface area (Å²) in [6.45, 7) is 7.89. The summed E-state index contributed by atoms with van der Waals surface area (Å²) in [5, 5.41) is 4.95. The van der Waals surface area contributed by atoms with E-state index >= 15 is 0 Å². The van der Waals surface area contributed by atoms with E-state index in [9.17, 15) is 0 Å². The third-order valence-corrected chi connectivity index (χ3v) is 3.95. The number of pyridine rings is 1. The summed E-state index contributed by atoms with van der Waals surface area (Å²) in [6, 6.07) is 11.1. The van der Waals surface area contributed by atoms with Gasteiger partial charge in [0.2, 0.25) is 0 Å². The van der Waals surface area contributed by atoms with Gasteiger partial charge >= 0.3 is 0 Å². The molecule has 1 N–H and O–H groups in total. The Labute approximate surface area is 129 Å². The van der Waals surface area contributed by atoms with Gasteiger partial charge in [-0.2, -0.15) is 0 Å². The lowest BCUT2D eigenvalue weighted by Crippen LogP contribution is -2.22. The molecule has 0 aliphatic rings. The SMILES string of the molecule is CCCNC(CCCC(C)C)c1cccc2cccnc12. The Morgan fingerprint density at radius 2 is 1.90 bits per heavy atom. The van der Waals surface area contributed by atoms with Crippen LogP contribution < -0.4 is 5.32 Å². The highest BCUT2D eigenvalue weighted by atomic mass is 14.9. The maximum atomic E-state index is 4.61. The monoisotopic (exact) mass is 284 g/mol. The van der Waals surface area contributed by atoms with Gasteiger partial charge in [0.05, 0.1) is 5.52 Å². The quantitative estimate of drug-likeness (QED) is 0.729. The summed E-state index contributed by atoms with van der Waals surface area (Å²) in [7, 11) is 0. The third-order valence-electron chi connectivity index (χ3n) is 3.95. The molecule has 1 heterocycles. The van der Waals surface area contributed by atoms with E-state index in [1.165, 1.54) is 36.6 Å². The largest absolute Gasteiger partial charge is 0.310 e. The summed E-state index contributed by atoms with van der Waals surface area (Å²) >= 11 is 0. The van der Waals surface area contributed by atoms with Gasteiger partial charge in [-0.05, 0) is 36.9 Å². The second kappa shape index (κ2) is 8.14. The van der Waals surface area contributed by atoms with Gasteiger partial charge in [-0.3, -0.25) is 4.98 Å². The first-order chi connectivity index (χ1) is 10.2. The van der Waals surface area contributed by atoms with Crippen molar-refractivity contribution in [2.45, 2.75) is 52.5 Å². The second-order valence-electron chi connectivity index (χ2n) is 6.25. The van der Waals surface area contributed by atoms with Crippen molar-refractivity contribution in [3.8, 4) is 0 Å². The summed E-state index contributed by atoms with van der Waals surface area (Å²) < 4.78 is 0. The highest BCUT2D eigenvalue weighted by molar-refractivity contribution is 5.81. The molecule has 1 atom stereocenters. The number of para-hydroxylation sites is 1. The predicted octanol–water partition coefficient (Wildman–Crippen LogP) is 5.10. The van der Waals surface area contributed by atoms with Crippen LogP contribution in [0.2, 0.25) is 0 Å². The Balaban J connectivity index is 2.20. The molecule has 0 radical (unpaired) electrons. The zero-order valence-electron chi connectivity index (χ0n) is 13.6. The van der Waals surface area contributed by atoms with E-state index in [0.717, 1.165) is 18.0 Å². The van der Waals surface area contributed by atoms with Crippen molar-refractivity contribution in [3.05, 3.63) is 42.1 Å². The molecule has 0 bridgehead atoms. The molecule has 2 heteroatoms. The van der Waals surface area contributed by atoms with E-state index < -0.39 is 0 Å². The van der Waals surface area contributed by atoms with Crippen LogP contribution >= 0.6 is 0 Å². The van der Waals surface area contributed by atoms with E-state index in [-0.39, 0.29) is 0 Å². The van der Waals surface area contributed by atoms with Crippen molar-refractivity contribution >= 4 is 10.9 Å². The molecule has 2 rings (SSSR count). The van der Waals surface area contributed by atoms with E-state index in [1.54, 1.807) is 0 Å². The first-order valence-electron chi connectivity index (χ1n) is 8.29. The minimum Gasteiger partial charge on any atom is -0.310 e. The second-order valence-corrected chi connectivity index (χ2v) is 6.25. The topological polar surface area (TPSA) is 24.9 Å².